The first-order valence-electron chi connectivity index (χ1n) is 11.8. The molecule has 1 amide bonds. The number of nitrogens with zero attached hydrogens (tertiary/aromatic N) is 3. The highest BCUT2D eigenvalue weighted by atomic mass is 16.1. The van der Waals surface area contributed by atoms with E-state index in [1.165, 1.54) is 0 Å². The zero-order valence-corrected chi connectivity index (χ0v) is 21.2. The molecule has 8 heteroatoms. The summed E-state index contributed by atoms with van der Waals surface area (Å²) < 4.78 is 0. The molecule has 3 aromatic carbocycles. The molecule has 1 aromatic heterocycles. The molecule has 0 saturated heterocycles. The Morgan fingerprint density at radius 3 is 1.50 bits per heavy atom. The van der Waals surface area contributed by atoms with Crippen LogP contribution in [0.2, 0.25) is 0 Å². The predicted octanol–water partition coefficient (Wildman–Crippen LogP) is 5.95. The molecule has 0 radical (unpaired) electrons. The summed E-state index contributed by atoms with van der Waals surface area (Å²) in [6.07, 6.45) is 0. The van der Waals surface area contributed by atoms with Gasteiger partial charge in [0, 0.05) is 17.1 Å². The van der Waals surface area contributed by atoms with Crippen LogP contribution in [0.15, 0.2) is 60.7 Å². The van der Waals surface area contributed by atoms with Gasteiger partial charge in [-0.15, -0.1) is 0 Å². The number of carbonyl (C=O) groups excluding carboxylic acids is 1. The Morgan fingerprint density at radius 1 is 0.583 bits per heavy atom. The second kappa shape index (κ2) is 10.9. The van der Waals surface area contributed by atoms with Crippen molar-refractivity contribution in [2.75, 3.05) is 27.8 Å². The molecule has 36 heavy (non-hydrogen) atoms. The minimum Gasteiger partial charge on any atom is -0.345 e. The van der Waals surface area contributed by atoms with Crippen molar-refractivity contribution in [2.24, 2.45) is 0 Å². The van der Waals surface area contributed by atoms with Gasteiger partial charge < -0.3 is 21.3 Å². The molecule has 184 valence electrons. The molecule has 0 aliphatic carbocycles. The van der Waals surface area contributed by atoms with E-state index >= 15 is 0 Å². The lowest BCUT2D eigenvalue weighted by atomic mass is 10.1. The van der Waals surface area contributed by atoms with Crippen LogP contribution in [0.4, 0.5) is 34.9 Å². The molecule has 0 aliphatic rings. The summed E-state index contributed by atoms with van der Waals surface area (Å²) in [5, 5.41) is 12.4. The smallest absolute Gasteiger partial charge is 0.243 e. The van der Waals surface area contributed by atoms with Crippen LogP contribution >= 0.6 is 0 Å². The summed E-state index contributed by atoms with van der Waals surface area (Å²) in [4.78, 5) is 26.0. The van der Waals surface area contributed by atoms with Crippen LogP contribution in [0.3, 0.4) is 0 Å². The van der Waals surface area contributed by atoms with E-state index in [4.69, 9.17) is 0 Å². The third kappa shape index (κ3) is 7.02. The van der Waals surface area contributed by atoms with Crippen LogP contribution in [0.25, 0.3) is 0 Å². The summed E-state index contributed by atoms with van der Waals surface area (Å²) in [6, 6.07) is 19.9. The van der Waals surface area contributed by atoms with Crippen LogP contribution < -0.4 is 21.3 Å². The Bertz CT molecular complexity index is 1270. The van der Waals surface area contributed by atoms with Crippen LogP contribution in [0.5, 0.6) is 0 Å². The van der Waals surface area contributed by atoms with Crippen molar-refractivity contribution in [2.45, 2.75) is 34.6 Å². The first-order chi connectivity index (χ1) is 17.2. The molecule has 4 aromatic rings. The van der Waals surface area contributed by atoms with E-state index in [9.17, 15) is 4.79 Å². The highest BCUT2D eigenvalue weighted by molar-refractivity contribution is 5.93. The van der Waals surface area contributed by atoms with Gasteiger partial charge in [0.1, 0.15) is 0 Å². The fraction of sp³-hybridized carbons (Fsp3) is 0.214. The Morgan fingerprint density at radius 2 is 1.03 bits per heavy atom. The first kappa shape index (κ1) is 24.7. The van der Waals surface area contributed by atoms with E-state index in [0.717, 1.165) is 44.9 Å². The molecule has 0 atom stereocenters. The number of hydrogen-bond donors (Lipinski definition) is 4. The fourth-order valence-corrected chi connectivity index (χ4v) is 3.92. The van der Waals surface area contributed by atoms with E-state index in [0.29, 0.717) is 11.9 Å². The quantitative estimate of drug-likeness (QED) is 0.246. The molecule has 4 rings (SSSR count). The van der Waals surface area contributed by atoms with Crippen molar-refractivity contribution in [3.05, 3.63) is 88.5 Å². The van der Waals surface area contributed by atoms with Gasteiger partial charge in [-0.2, -0.15) is 15.0 Å². The van der Waals surface area contributed by atoms with Crippen LogP contribution in [-0.4, -0.2) is 27.4 Å². The van der Waals surface area contributed by atoms with Gasteiger partial charge in [-0.25, -0.2) is 0 Å². The van der Waals surface area contributed by atoms with Crippen LogP contribution in [0, 0.1) is 34.6 Å². The minimum absolute atomic E-state index is 0.00385. The number of amides is 1. The summed E-state index contributed by atoms with van der Waals surface area (Å²) in [5.41, 5.74) is 8.13. The standard InChI is InChI=1S/C28H31N7O/c1-17-6-8-22(9-7-17)30-25(36)16-29-26-33-27(31-23-12-18(2)10-19(3)13-23)35-28(34-26)32-24-14-20(4)11-21(5)15-24/h6-15H,16H2,1-5H3,(H,30,36)(H3,29,31,32,33,34,35). The first-order valence-corrected chi connectivity index (χ1v) is 11.8. The zero-order chi connectivity index (χ0) is 25.7. The Balaban J connectivity index is 1.55. The molecule has 0 saturated carbocycles. The Kier molecular flexibility index (Phi) is 7.44. The van der Waals surface area contributed by atoms with E-state index in [2.05, 4.69) is 48.4 Å². The van der Waals surface area contributed by atoms with Gasteiger partial charge in [0.15, 0.2) is 0 Å². The predicted molar refractivity (Wildman–Crippen MR) is 147 cm³/mol. The molecular weight excluding hydrogens is 450 g/mol. The molecule has 0 spiro atoms. The Hall–Kier alpha value is -4.46. The molecule has 0 aliphatic heterocycles. The zero-order valence-electron chi connectivity index (χ0n) is 21.2. The van der Waals surface area contributed by atoms with Crippen LogP contribution in [0.1, 0.15) is 27.8 Å². The van der Waals surface area contributed by atoms with Gasteiger partial charge in [-0.3, -0.25) is 4.79 Å². The van der Waals surface area contributed by atoms with Gasteiger partial charge in [0.2, 0.25) is 23.8 Å². The number of carbonyl (C=O) groups is 1. The van der Waals surface area contributed by atoms with E-state index in [1.54, 1.807) is 0 Å². The molecule has 8 nitrogen and oxygen atoms in total. The molecule has 0 fully saturated rings. The minimum atomic E-state index is -0.202. The van der Waals surface area contributed by atoms with E-state index in [-0.39, 0.29) is 18.4 Å². The van der Waals surface area contributed by atoms with Gasteiger partial charge in [0.05, 0.1) is 6.54 Å². The maximum atomic E-state index is 12.5. The lowest BCUT2D eigenvalue weighted by molar-refractivity contribution is -0.114. The number of rotatable bonds is 8. The summed E-state index contributed by atoms with van der Waals surface area (Å²) in [6.45, 7) is 10.2. The second-order valence-electron chi connectivity index (χ2n) is 9.08. The van der Waals surface area contributed by atoms with Gasteiger partial charge in [0.25, 0.3) is 0 Å². The van der Waals surface area contributed by atoms with Crippen molar-refractivity contribution in [3.63, 3.8) is 0 Å². The van der Waals surface area contributed by atoms with Crippen molar-refractivity contribution in [1.29, 1.82) is 0 Å². The van der Waals surface area contributed by atoms with Crippen LogP contribution in [-0.2, 0) is 4.79 Å². The highest BCUT2D eigenvalue weighted by Crippen LogP contribution is 2.22. The molecule has 4 N–H and O–H groups in total. The number of aryl methyl sites for hydroxylation is 5. The maximum Gasteiger partial charge on any atom is 0.243 e. The van der Waals surface area contributed by atoms with Gasteiger partial charge >= 0.3 is 0 Å². The van der Waals surface area contributed by atoms with Crippen molar-refractivity contribution >= 4 is 40.8 Å². The summed E-state index contributed by atoms with van der Waals surface area (Å²) in [5.74, 6) is 0.807. The number of anilines is 6. The van der Waals surface area contributed by atoms with E-state index in [1.807, 2.05) is 83.1 Å². The highest BCUT2D eigenvalue weighted by Gasteiger charge is 2.11. The van der Waals surface area contributed by atoms with Crippen molar-refractivity contribution in [3.8, 4) is 0 Å². The summed E-state index contributed by atoms with van der Waals surface area (Å²) in [7, 11) is 0. The lowest BCUT2D eigenvalue weighted by Gasteiger charge is -2.13. The fourth-order valence-electron chi connectivity index (χ4n) is 3.92. The normalized spacial score (nSPS) is 10.6. The molecule has 0 unspecified atom stereocenters. The molecule has 1 heterocycles. The third-order valence-electron chi connectivity index (χ3n) is 5.33. The van der Waals surface area contributed by atoms with Gasteiger partial charge in [-0.05, 0) is 93.3 Å². The topological polar surface area (TPSA) is 104 Å². The van der Waals surface area contributed by atoms with E-state index < -0.39 is 0 Å². The van der Waals surface area contributed by atoms with Crippen molar-refractivity contribution < 1.29 is 4.79 Å². The molecular formula is C28H31N7O. The third-order valence-corrected chi connectivity index (χ3v) is 5.33. The number of aromatic nitrogens is 3. The average molecular weight is 482 g/mol. The van der Waals surface area contributed by atoms with Crippen molar-refractivity contribution in [1.82, 2.24) is 15.0 Å². The Labute approximate surface area is 211 Å². The monoisotopic (exact) mass is 481 g/mol. The maximum absolute atomic E-state index is 12.5. The number of nitrogens with one attached hydrogen (secondary N) is 4. The molecule has 0 bridgehead atoms. The summed E-state index contributed by atoms with van der Waals surface area (Å²) >= 11 is 0. The largest absolute Gasteiger partial charge is 0.345 e. The number of benzene rings is 3. The lowest BCUT2D eigenvalue weighted by Crippen LogP contribution is -2.23. The SMILES string of the molecule is Cc1ccc(NC(=O)CNc2nc(Nc3cc(C)cc(C)c3)nc(Nc3cc(C)cc(C)c3)n2)cc1. The second-order valence-corrected chi connectivity index (χ2v) is 9.08. The van der Waals surface area contributed by atoms with Gasteiger partial charge in [-0.1, -0.05) is 29.8 Å². The average Bonchev–Trinajstić information content (AvgIpc) is 2.78. The number of hydrogen-bond acceptors (Lipinski definition) is 7.